The number of anilines is 2. The van der Waals surface area contributed by atoms with Crippen molar-refractivity contribution in [1.29, 1.82) is 0 Å². The van der Waals surface area contributed by atoms with E-state index in [9.17, 15) is 4.79 Å². The smallest absolute Gasteiger partial charge is 0.228 e. The molecule has 4 nitrogen and oxygen atoms in total. The van der Waals surface area contributed by atoms with Crippen LogP contribution in [-0.4, -0.2) is 24.0 Å². The van der Waals surface area contributed by atoms with Gasteiger partial charge in [0, 0.05) is 36.9 Å². The number of nitrogens with one attached hydrogen (secondary N) is 2. The lowest BCUT2D eigenvalue weighted by atomic mass is 9.99. The molecule has 0 saturated carbocycles. The van der Waals surface area contributed by atoms with Crippen molar-refractivity contribution in [2.45, 2.75) is 26.2 Å². The highest BCUT2D eigenvalue weighted by molar-refractivity contribution is 5.92. The molecule has 0 radical (unpaired) electrons. The zero-order valence-electron chi connectivity index (χ0n) is 13.0. The summed E-state index contributed by atoms with van der Waals surface area (Å²) in [6, 6.07) is 10.1. The molecular weight excluding hydrogens is 274 g/mol. The van der Waals surface area contributed by atoms with E-state index in [0.29, 0.717) is 6.42 Å². The van der Waals surface area contributed by atoms with E-state index in [1.165, 1.54) is 18.5 Å². The zero-order valence-corrected chi connectivity index (χ0v) is 13.0. The number of benzene rings is 1. The van der Waals surface area contributed by atoms with Gasteiger partial charge in [-0.3, -0.25) is 4.79 Å². The summed E-state index contributed by atoms with van der Waals surface area (Å²) < 4.78 is 0. The lowest BCUT2D eigenvalue weighted by Gasteiger charge is -2.32. The Morgan fingerprint density at radius 3 is 2.59 bits per heavy atom. The highest BCUT2D eigenvalue weighted by Crippen LogP contribution is 2.24. The van der Waals surface area contributed by atoms with Crippen molar-refractivity contribution in [2.75, 3.05) is 23.3 Å². The number of piperidine rings is 1. The molecule has 0 bridgehead atoms. The van der Waals surface area contributed by atoms with Crippen LogP contribution in [0, 0.1) is 5.92 Å². The predicted octanol–water partition coefficient (Wildman–Crippen LogP) is 3.43. The Balaban J connectivity index is 1.56. The Morgan fingerprint density at radius 1 is 1.23 bits per heavy atom. The maximum absolute atomic E-state index is 12.0. The monoisotopic (exact) mass is 297 g/mol. The zero-order chi connectivity index (χ0) is 15.4. The van der Waals surface area contributed by atoms with Crippen LogP contribution in [0.5, 0.6) is 0 Å². The highest BCUT2D eigenvalue weighted by Gasteiger charge is 2.15. The van der Waals surface area contributed by atoms with Gasteiger partial charge in [0.25, 0.3) is 0 Å². The molecular formula is C18H23N3O. The van der Waals surface area contributed by atoms with E-state index in [1.54, 1.807) is 0 Å². The molecule has 2 N–H and O–H groups in total. The van der Waals surface area contributed by atoms with Gasteiger partial charge in [-0.15, -0.1) is 0 Å². The molecule has 2 heterocycles. The number of aromatic nitrogens is 1. The van der Waals surface area contributed by atoms with Gasteiger partial charge in [-0.2, -0.15) is 0 Å². The molecule has 1 saturated heterocycles. The SMILES string of the molecule is CC1CCN(c2ccc(NC(=O)Cc3cc[nH]c3)cc2)CC1. The summed E-state index contributed by atoms with van der Waals surface area (Å²) in [4.78, 5) is 17.3. The van der Waals surface area contributed by atoms with Crippen molar-refractivity contribution in [2.24, 2.45) is 5.92 Å². The first-order chi connectivity index (χ1) is 10.7. The van der Waals surface area contributed by atoms with Crippen LogP contribution >= 0.6 is 0 Å². The third kappa shape index (κ3) is 3.70. The summed E-state index contributed by atoms with van der Waals surface area (Å²) in [7, 11) is 0. The topological polar surface area (TPSA) is 48.1 Å². The summed E-state index contributed by atoms with van der Waals surface area (Å²) in [5.74, 6) is 0.849. The normalized spacial score (nSPS) is 15.8. The fourth-order valence-corrected chi connectivity index (χ4v) is 2.88. The van der Waals surface area contributed by atoms with Gasteiger partial charge in [0.1, 0.15) is 0 Å². The first-order valence-electron chi connectivity index (χ1n) is 7.97. The van der Waals surface area contributed by atoms with E-state index >= 15 is 0 Å². The van der Waals surface area contributed by atoms with Crippen molar-refractivity contribution in [3.63, 3.8) is 0 Å². The van der Waals surface area contributed by atoms with Gasteiger partial charge in [0.15, 0.2) is 0 Å². The molecule has 1 aliphatic heterocycles. The second-order valence-corrected chi connectivity index (χ2v) is 6.16. The van der Waals surface area contributed by atoms with Crippen LogP contribution in [-0.2, 0) is 11.2 Å². The van der Waals surface area contributed by atoms with Crippen LogP contribution in [0.2, 0.25) is 0 Å². The van der Waals surface area contributed by atoms with Crippen LogP contribution in [0.1, 0.15) is 25.3 Å². The quantitative estimate of drug-likeness (QED) is 0.908. The maximum atomic E-state index is 12.0. The number of amides is 1. The number of hydrogen-bond donors (Lipinski definition) is 2. The lowest BCUT2D eigenvalue weighted by molar-refractivity contribution is -0.115. The molecule has 0 unspecified atom stereocenters. The third-order valence-corrected chi connectivity index (χ3v) is 4.33. The van der Waals surface area contributed by atoms with Crippen molar-refractivity contribution in [3.05, 3.63) is 48.3 Å². The Kier molecular flexibility index (Phi) is 4.47. The summed E-state index contributed by atoms with van der Waals surface area (Å²) in [6.45, 7) is 4.57. The molecule has 0 spiro atoms. The van der Waals surface area contributed by atoms with Crippen molar-refractivity contribution in [1.82, 2.24) is 4.98 Å². The molecule has 1 fully saturated rings. The van der Waals surface area contributed by atoms with E-state index < -0.39 is 0 Å². The molecule has 0 aliphatic carbocycles. The van der Waals surface area contributed by atoms with Crippen LogP contribution < -0.4 is 10.2 Å². The fraction of sp³-hybridized carbons (Fsp3) is 0.389. The van der Waals surface area contributed by atoms with Crippen molar-refractivity contribution >= 4 is 17.3 Å². The highest BCUT2D eigenvalue weighted by atomic mass is 16.1. The number of carbonyl (C=O) groups is 1. The Morgan fingerprint density at radius 2 is 1.95 bits per heavy atom. The van der Waals surface area contributed by atoms with Crippen molar-refractivity contribution < 1.29 is 4.79 Å². The van der Waals surface area contributed by atoms with E-state index in [2.05, 4.69) is 34.3 Å². The van der Waals surface area contributed by atoms with Crippen LogP contribution in [0.4, 0.5) is 11.4 Å². The molecule has 1 aromatic carbocycles. The van der Waals surface area contributed by atoms with Crippen LogP contribution in [0.25, 0.3) is 0 Å². The summed E-state index contributed by atoms with van der Waals surface area (Å²) >= 11 is 0. The van der Waals surface area contributed by atoms with Gasteiger partial charge in [-0.25, -0.2) is 0 Å². The molecule has 116 valence electrons. The van der Waals surface area contributed by atoms with E-state index in [0.717, 1.165) is 30.3 Å². The number of hydrogen-bond acceptors (Lipinski definition) is 2. The van der Waals surface area contributed by atoms with Crippen LogP contribution in [0.15, 0.2) is 42.7 Å². The van der Waals surface area contributed by atoms with E-state index in [-0.39, 0.29) is 5.91 Å². The van der Waals surface area contributed by atoms with E-state index in [4.69, 9.17) is 0 Å². The molecule has 4 heteroatoms. The fourth-order valence-electron chi connectivity index (χ4n) is 2.88. The van der Waals surface area contributed by atoms with Gasteiger partial charge in [-0.05, 0) is 54.7 Å². The molecule has 0 atom stereocenters. The molecule has 1 aliphatic rings. The average molecular weight is 297 g/mol. The van der Waals surface area contributed by atoms with Crippen molar-refractivity contribution in [3.8, 4) is 0 Å². The number of H-pyrrole nitrogens is 1. The molecule has 22 heavy (non-hydrogen) atoms. The average Bonchev–Trinajstić information content (AvgIpc) is 3.02. The number of rotatable bonds is 4. The second kappa shape index (κ2) is 6.69. The minimum atomic E-state index is 0.0131. The Labute approximate surface area is 131 Å². The number of nitrogens with zero attached hydrogens (tertiary/aromatic N) is 1. The molecule has 3 rings (SSSR count). The number of aromatic amines is 1. The van der Waals surface area contributed by atoms with Gasteiger partial charge >= 0.3 is 0 Å². The third-order valence-electron chi connectivity index (χ3n) is 4.33. The maximum Gasteiger partial charge on any atom is 0.228 e. The minimum absolute atomic E-state index is 0.0131. The Bertz CT molecular complexity index is 596. The Hall–Kier alpha value is -2.23. The molecule has 1 amide bonds. The molecule has 1 aromatic heterocycles. The summed E-state index contributed by atoms with van der Waals surface area (Å²) in [5.41, 5.74) is 3.10. The van der Waals surface area contributed by atoms with Crippen LogP contribution in [0.3, 0.4) is 0 Å². The lowest BCUT2D eigenvalue weighted by Crippen LogP contribution is -2.32. The molecule has 2 aromatic rings. The first-order valence-corrected chi connectivity index (χ1v) is 7.97. The number of carbonyl (C=O) groups excluding carboxylic acids is 1. The largest absolute Gasteiger partial charge is 0.372 e. The standard InChI is InChI=1S/C18H23N3O/c1-14-7-10-21(11-8-14)17-4-2-16(3-5-17)20-18(22)12-15-6-9-19-13-15/h2-6,9,13-14,19H,7-8,10-12H2,1H3,(H,20,22). The van der Waals surface area contributed by atoms with Gasteiger partial charge in [-0.1, -0.05) is 6.92 Å². The second-order valence-electron chi connectivity index (χ2n) is 6.16. The van der Waals surface area contributed by atoms with Gasteiger partial charge in [0.2, 0.25) is 5.91 Å². The summed E-state index contributed by atoms with van der Waals surface area (Å²) in [5, 5.41) is 2.95. The van der Waals surface area contributed by atoms with Gasteiger partial charge in [0.05, 0.1) is 6.42 Å². The first kappa shape index (κ1) is 14.7. The van der Waals surface area contributed by atoms with Gasteiger partial charge < -0.3 is 15.2 Å². The van der Waals surface area contributed by atoms with E-state index in [1.807, 2.05) is 30.6 Å². The summed E-state index contributed by atoms with van der Waals surface area (Å²) in [6.07, 6.45) is 6.59. The predicted molar refractivity (Wildman–Crippen MR) is 90.2 cm³/mol. The minimum Gasteiger partial charge on any atom is -0.372 e.